The normalized spacial score (nSPS) is 17.1. The molecule has 2 aromatic carbocycles. The lowest BCUT2D eigenvalue weighted by atomic mass is 9.97. The average molecular weight is 376 g/mol. The summed E-state index contributed by atoms with van der Waals surface area (Å²) < 4.78 is 38.6. The van der Waals surface area contributed by atoms with Gasteiger partial charge >= 0.3 is 6.18 Å². The number of carbonyl (C=O) groups excluding carboxylic acids is 1. The fraction of sp³-hybridized carbons (Fsp3) is 0.381. The molecule has 1 fully saturated rings. The van der Waals surface area contributed by atoms with Crippen LogP contribution in [-0.4, -0.2) is 30.9 Å². The molecule has 0 bridgehead atoms. The van der Waals surface area contributed by atoms with Crippen molar-refractivity contribution in [3.63, 3.8) is 0 Å². The molecule has 2 aromatic rings. The van der Waals surface area contributed by atoms with Crippen LogP contribution < -0.4 is 5.32 Å². The van der Waals surface area contributed by atoms with Crippen molar-refractivity contribution in [2.24, 2.45) is 5.92 Å². The van der Waals surface area contributed by atoms with Gasteiger partial charge in [-0.2, -0.15) is 13.2 Å². The number of hydrogen-bond donors (Lipinski definition) is 1. The number of nitrogens with one attached hydrogen (secondary N) is 1. The van der Waals surface area contributed by atoms with Gasteiger partial charge in [-0.3, -0.25) is 4.79 Å². The van der Waals surface area contributed by atoms with Crippen molar-refractivity contribution in [2.75, 3.05) is 20.1 Å². The monoisotopic (exact) mass is 376 g/mol. The Morgan fingerprint density at radius 3 is 2.59 bits per heavy atom. The zero-order chi connectivity index (χ0) is 19.4. The van der Waals surface area contributed by atoms with E-state index in [0.717, 1.165) is 43.6 Å². The van der Waals surface area contributed by atoms with Gasteiger partial charge < -0.3 is 10.2 Å². The van der Waals surface area contributed by atoms with Crippen LogP contribution in [0.15, 0.2) is 48.5 Å². The maximum Gasteiger partial charge on any atom is 0.416 e. The van der Waals surface area contributed by atoms with Crippen LogP contribution in [0, 0.1) is 5.92 Å². The molecule has 6 heteroatoms. The zero-order valence-corrected chi connectivity index (χ0v) is 15.2. The lowest BCUT2D eigenvalue weighted by Crippen LogP contribution is -2.26. The molecule has 3 rings (SSSR count). The smallest absolute Gasteiger partial charge is 0.337 e. The van der Waals surface area contributed by atoms with Gasteiger partial charge in [0.15, 0.2) is 0 Å². The number of carbonyl (C=O) groups is 1. The topological polar surface area (TPSA) is 32.3 Å². The summed E-state index contributed by atoms with van der Waals surface area (Å²) >= 11 is 0. The van der Waals surface area contributed by atoms with Crippen molar-refractivity contribution in [3.8, 4) is 0 Å². The molecule has 1 saturated heterocycles. The molecule has 1 amide bonds. The summed E-state index contributed by atoms with van der Waals surface area (Å²) in [5.41, 5.74) is 1.43. The first kappa shape index (κ1) is 19.4. The van der Waals surface area contributed by atoms with E-state index in [1.165, 1.54) is 11.0 Å². The maximum atomic E-state index is 12.9. The van der Waals surface area contributed by atoms with Crippen LogP contribution in [0.5, 0.6) is 0 Å². The molecule has 1 atom stereocenters. The summed E-state index contributed by atoms with van der Waals surface area (Å²) in [5.74, 6) is 0.386. The van der Waals surface area contributed by atoms with Crippen molar-refractivity contribution in [1.29, 1.82) is 0 Å². The van der Waals surface area contributed by atoms with Gasteiger partial charge in [0.1, 0.15) is 0 Å². The highest BCUT2D eigenvalue weighted by molar-refractivity contribution is 5.94. The Bertz CT molecular complexity index is 798. The van der Waals surface area contributed by atoms with Gasteiger partial charge in [0.25, 0.3) is 5.91 Å². The first-order chi connectivity index (χ1) is 12.8. The molecule has 1 N–H and O–H groups in total. The quantitative estimate of drug-likeness (QED) is 0.851. The van der Waals surface area contributed by atoms with E-state index in [2.05, 4.69) is 5.32 Å². The van der Waals surface area contributed by atoms with Crippen molar-refractivity contribution >= 4 is 5.91 Å². The number of benzene rings is 2. The third kappa shape index (κ3) is 5.10. The Morgan fingerprint density at radius 1 is 1.15 bits per heavy atom. The predicted octanol–water partition coefficient (Wildman–Crippen LogP) is 4.13. The van der Waals surface area contributed by atoms with E-state index in [1.807, 2.05) is 18.2 Å². The van der Waals surface area contributed by atoms with Gasteiger partial charge in [0.2, 0.25) is 0 Å². The highest BCUT2D eigenvalue weighted by Gasteiger charge is 2.30. The van der Waals surface area contributed by atoms with Gasteiger partial charge in [-0.1, -0.05) is 24.3 Å². The fourth-order valence-corrected chi connectivity index (χ4v) is 3.47. The number of alkyl halides is 3. The van der Waals surface area contributed by atoms with Crippen molar-refractivity contribution < 1.29 is 18.0 Å². The second kappa shape index (κ2) is 8.13. The molecule has 3 nitrogen and oxygen atoms in total. The number of hydrogen-bond acceptors (Lipinski definition) is 2. The average Bonchev–Trinajstić information content (AvgIpc) is 3.14. The van der Waals surface area contributed by atoms with Crippen LogP contribution in [0.25, 0.3) is 0 Å². The summed E-state index contributed by atoms with van der Waals surface area (Å²) in [6, 6.07) is 12.6. The minimum atomic E-state index is -4.39. The van der Waals surface area contributed by atoms with E-state index in [1.54, 1.807) is 19.2 Å². The predicted molar refractivity (Wildman–Crippen MR) is 98.4 cm³/mol. The molecule has 144 valence electrons. The van der Waals surface area contributed by atoms with Gasteiger partial charge in [0.05, 0.1) is 5.56 Å². The Morgan fingerprint density at radius 2 is 1.89 bits per heavy atom. The first-order valence-corrected chi connectivity index (χ1v) is 9.04. The summed E-state index contributed by atoms with van der Waals surface area (Å²) in [6.45, 7) is 2.15. The molecule has 1 heterocycles. The Kier molecular flexibility index (Phi) is 5.85. The van der Waals surface area contributed by atoms with Crippen LogP contribution in [0.2, 0.25) is 0 Å². The van der Waals surface area contributed by atoms with Gasteiger partial charge in [0, 0.05) is 19.2 Å². The Hall–Kier alpha value is -2.34. The van der Waals surface area contributed by atoms with E-state index in [4.69, 9.17) is 0 Å². The molecule has 0 spiro atoms. The van der Waals surface area contributed by atoms with Crippen LogP contribution >= 0.6 is 0 Å². The molecular weight excluding hydrogens is 353 g/mol. The standard InChI is InChI=1S/C21H23F3N2O/c1-26(14-17-5-3-7-19(12-17)21(22,23)24)20(27)18-6-2-4-15(11-18)10-16-8-9-25-13-16/h2-7,11-12,16,25H,8-10,13-14H2,1H3. The third-order valence-corrected chi connectivity index (χ3v) is 4.88. The second-order valence-corrected chi connectivity index (χ2v) is 7.12. The van der Waals surface area contributed by atoms with Crippen molar-refractivity contribution in [2.45, 2.75) is 25.6 Å². The summed E-state index contributed by atoms with van der Waals surface area (Å²) in [7, 11) is 1.61. The van der Waals surface area contributed by atoms with E-state index >= 15 is 0 Å². The lowest BCUT2D eigenvalue weighted by molar-refractivity contribution is -0.137. The van der Waals surface area contributed by atoms with Crippen LogP contribution in [0.1, 0.15) is 33.5 Å². The van der Waals surface area contributed by atoms with Crippen LogP contribution in [-0.2, 0) is 19.1 Å². The third-order valence-electron chi connectivity index (χ3n) is 4.88. The molecule has 1 unspecified atom stereocenters. The number of amides is 1. The molecular formula is C21H23F3N2O. The minimum absolute atomic E-state index is 0.125. The summed E-state index contributed by atoms with van der Waals surface area (Å²) in [4.78, 5) is 14.2. The van der Waals surface area contributed by atoms with Crippen molar-refractivity contribution in [1.82, 2.24) is 10.2 Å². The lowest BCUT2D eigenvalue weighted by Gasteiger charge is -2.19. The Balaban J connectivity index is 1.68. The molecule has 1 aliphatic rings. The summed E-state index contributed by atoms with van der Waals surface area (Å²) in [6.07, 6.45) is -2.33. The molecule has 27 heavy (non-hydrogen) atoms. The van der Waals surface area contributed by atoms with Crippen molar-refractivity contribution in [3.05, 3.63) is 70.8 Å². The van der Waals surface area contributed by atoms with E-state index < -0.39 is 11.7 Å². The Labute approximate surface area is 157 Å². The highest BCUT2D eigenvalue weighted by atomic mass is 19.4. The number of halogens is 3. The van der Waals surface area contributed by atoms with E-state index in [-0.39, 0.29) is 12.5 Å². The molecule has 0 saturated carbocycles. The van der Waals surface area contributed by atoms with E-state index in [0.29, 0.717) is 17.0 Å². The SMILES string of the molecule is CN(Cc1cccc(C(F)(F)F)c1)C(=O)c1cccc(CC2CCNC2)c1. The highest BCUT2D eigenvalue weighted by Crippen LogP contribution is 2.29. The second-order valence-electron chi connectivity index (χ2n) is 7.12. The van der Waals surface area contributed by atoms with Gasteiger partial charge in [-0.25, -0.2) is 0 Å². The molecule has 1 aliphatic heterocycles. The van der Waals surface area contributed by atoms with Crippen LogP contribution in [0.4, 0.5) is 13.2 Å². The molecule has 0 aromatic heterocycles. The fourth-order valence-electron chi connectivity index (χ4n) is 3.47. The largest absolute Gasteiger partial charge is 0.416 e. The minimum Gasteiger partial charge on any atom is -0.337 e. The first-order valence-electron chi connectivity index (χ1n) is 9.04. The number of rotatable bonds is 5. The maximum absolute atomic E-state index is 12.9. The van der Waals surface area contributed by atoms with Crippen LogP contribution in [0.3, 0.4) is 0 Å². The van der Waals surface area contributed by atoms with Gasteiger partial charge in [-0.15, -0.1) is 0 Å². The van der Waals surface area contributed by atoms with E-state index in [9.17, 15) is 18.0 Å². The zero-order valence-electron chi connectivity index (χ0n) is 15.2. The van der Waals surface area contributed by atoms with Gasteiger partial charge in [-0.05, 0) is 67.2 Å². The molecule has 0 radical (unpaired) electrons. The molecule has 0 aliphatic carbocycles. The summed E-state index contributed by atoms with van der Waals surface area (Å²) in [5, 5.41) is 3.34. The number of nitrogens with zero attached hydrogens (tertiary/aromatic N) is 1.